The minimum atomic E-state index is -0.0325. The van der Waals surface area contributed by atoms with Crippen LogP contribution in [-0.2, 0) is 4.79 Å². The molecule has 0 aromatic carbocycles. The largest absolute Gasteiger partial charge is 0.328 e. The van der Waals surface area contributed by atoms with Crippen LogP contribution < -0.4 is 11.1 Å². The highest BCUT2D eigenvalue weighted by Gasteiger charge is 2.25. The molecule has 0 saturated heterocycles. The van der Waals surface area contributed by atoms with Gasteiger partial charge in [0.15, 0.2) is 0 Å². The van der Waals surface area contributed by atoms with Crippen molar-refractivity contribution in [1.29, 1.82) is 0 Å². The van der Waals surface area contributed by atoms with Crippen LogP contribution in [-0.4, -0.2) is 21.9 Å². The minimum absolute atomic E-state index is 0.0208. The Morgan fingerprint density at radius 2 is 2.35 bits per heavy atom. The molecule has 1 amide bonds. The van der Waals surface area contributed by atoms with Crippen molar-refractivity contribution in [2.45, 2.75) is 31.7 Å². The molecule has 3 N–H and O–H groups in total. The van der Waals surface area contributed by atoms with Gasteiger partial charge in [-0.2, -0.15) is 0 Å². The molecule has 5 nitrogen and oxygen atoms in total. The van der Waals surface area contributed by atoms with E-state index in [4.69, 9.17) is 17.3 Å². The highest BCUT2D eigenvalue weighted by atomic mass is 35.5. The van der Waals surface area contributed by atoms with Crippen molar-refractivity contribution in [2.24, 2.45) is 11.7 Å². The zero-order valence-electron chi connectivity index (χ0n) is 9.40. The van der Waals surface area contributed by atoms with Gasteiger partial charge in [-0.25, -0.2) is 9.97 Å². The van der Waals surface area contributed by atoms with Crippen molar-refractivity contribution in [2.75, 3.05) is 5.32 Å². The molecule has 0 bridgehead atoms. The molecule has 0 radical (unpaired) electrons. The average Bonchev–Trinajstić information content (AvgIpc) is 2.29. The van der Waals surface area contributed by atoms with Crippen LogP contribution in [0.2, 0.25) is 5.28 Å². The van der Waals surface area contributed by atoms with Gasteiger partial charge in [0, 0.05) is 18.2 Å². The van der Waals surface area contributed by atoms with Crippen molar-refractivity contribution in [3.8, 4) is 0 Å². The lowest BCUT2D eigenvalue weighted by Crippen LogP contribution is -2.34. The van der Waals surface area contributed by atoms with Crippen molar-refractivity contribution in [3.05, 3.63) is 17.5 Å². The third-order valence-electron chi connectivity index (χ3n) is 2.96. The number of amides is 1. The summed E-state index contributed by atoms with van der Waals surface area (Å²) in [7, 11) is 0. The number of nitrogens with zero attached hydrogens (tertiary/aromatic N) is 2. The third kappa shape index (κ3) is 3.38. The van der Waals surface area contributed by atoms with Crippen LogP contribution in [0.15, 0.2) is 12.3 Å². The monoisotopic (exact) mass is 254 g/mol. The Labute approximate surface area is 105 Å². The number of halogens is 1. The third-order valence-corrected chi connectivity index (χ3v) is 3.15. The number of carbonyl (C=O) groups is 1. The first-order valence-corrected chi connectivity index (χ1v) is 6.08. The molecule has 6 heteroatoms. The fourth-order valence-corrected chi connectivity index (χ4v) is 2.25. The van der Waals surface area contributed by atoms with Crippen LogP contribution in [0, 0.1) is 5.92 Å². The maximum Gasteiger partial charge on any atom is 0.228 e. The van der Waals surface area contributed by atoms with E-state index in [0.29, 0.717) is 5.82 Å². The SMILES string of the molecule is NC1CCCC(C(=O)Nc2ccnc(Cl)n2)C1. The van der Waals surface area contributed by atoms with E-state index in [1.54, 1.807) is 6.07 Å². The Morgan fingerprint density at radius 3 is 3.06 bits per heavy atom. The Morgan fingerprint density at radius 1 is 1.53 bits per heavy atom. The highest BCUT2D eigenvalue weighted by Crippen LogP contribution is 2.24. The molecule has 2 rings (SSSR count). The van der Waals surface area contributed by atoms with Crippen LogP contribution in [0.4, 0.5) is 5.82 Å². The van der Waals surface area contributed by atoms with E-state index in [1.165, 1.54) is 6.20 Å². The van der Waals surface area contributed by atoms with Crippen molar-refractivity contribution >= 4 is 23.3 Å². The summed E-state index contributed by atoms with van der Waals surface area (Å²) in [6, 6.07) is 1.75. The standard InChI is InChI=1S/C11H15ClN4O/c12-11-14-5-4-9(16-11)15-10(17)7-2-1-3-8(13)6-7/h4-5,7-8H,1-3,6,13H2,(H,14,15,16,17). The van der Waals surface area contributed by atoms with Gasteiger partial charge in [0.2, 0.25) is 11.2 Å². The maximum absolute atomic E-state index is 12.0. The van der Waals surface area contributed by atoms with E-state index >= 15 is 0 Å². The normalized spacial score (nSPS) is 24.4. The Bertz CT molecular complexity index is 412. The van der Waals surface area contributed by atoms with E-state index < -0.39 is 0 Å². The van der Waals surface area contributed by atoms with E-state index in [9.17, 15) is 4.79 Å². The molecule has 0 aliphatic heterocycles. The summed E-state index contributed by atoms with van der Waals surface area (Å²) >= 11 is 5.64. The molecule has 1 aromatic heterocycles. The number of rotatable bonds is 2. The topological polar surface area (TPSA) is 80.9 Å². The smallest absolute Gasteiger partial charge is 0.228 e. The second kappa shape index (κ2) is 5.42. The van der Waals surface area contributed by atoms with Crippen molar-refractivity contribution in [3.63, 3.8) is 0 Å². The first-order chi connectivity index (χ1) is 8.15. The average molecular weight is 255 g/mol. The van der Waals surface area contributed by atoms with Gasteiger partial charge in [-0.15, -0.1) is 0 Å². The number of anilines is 1. The molecule has 1 saturated carbocycles. The lowest BCUT2D eigenvalue weighted by Gasteiger charge is -2.25. The van der Waals surface area contributed by atoms with Crippen molar-refractivity contribution in [1.82, 2.24) is 9.97 Å². The van der Waals surface area contributed by atoms with Gasteiger partial charge in [-0.05, 0) is 36.9 Å². The number of hydrogen-bond donors (Lipinski definition) is 2. The molecule has 17 heavy (non-hydrogen) atoms. The zero-order chi connectivity index (χ0) is 12.3. The summed E-state index contributed by atoms with van der Waals surface area (Å²) in [6.07, 6.45) is 5.15. The first-order valence-electron chi connectivity index (χ1n) is 5.70. The minimum Gasteiger partial charge on any atom is -0.328 e. The van der Waals surface area contributed by atoms with Crippen LogP contribution in [0.5, 0.6) is 0 Å². The molecule has 1 aromatic rings. The predicted molar refractivity (Wildman–Crippen MR) is 65.6 cm³/mol. The highest BCUT2D eigenvalue weighted by molar-refractivity contribution is 6.28. The molecule has 1 aliphatic rings. The van der Waals surface area contributed by atoms with Gasteiger partial charge in [0.25, 0.3) is 0 Å². The van der Waals surface area contributed by atoms with E-state index in [2.05, 4.69) is 15.3 Å². The summed E-state index contributed by atoms with van der Waals surface area (Å²) in [4.78, 5) is 19.6. The zero-order valence-corrected chi connectivity index (χ0v) is 10.2. The molecule has 1 heterocycles. The second-order valence-electron chi connectivity index (χ2n) is 4.32. The van der Waals surface area contributed by atoms with Crippen molar-refractivity contribution < 1.29 is 4.79 Å². The quantitative estimate of drug-likeness (QED) is 0.786. The summed E-state index contributed by atoms with van der Waals surface area (Å²) < 4.78 is 0. The molecule has 2 unspecified atom stereocenters. The van der Waals surface area contributed by atoms with Crippen LogP contribution in [0.25, 0.3) is 0 Å². The molecule has 92 valence electrons. The van der Waals surface area contributed by atoms with E-state index in [0.717, 1.165) is 25.7 Å². The number of carbonyl (C=O) groups excluding carboxylic acids is 1. The lowest BCUT2D eigenvalue weighted by molar-refractivity contribution is -0.120. The first kappa shape index (κ1) is 12.3. The fourth-order valence-electron chi connectivity index (χ4n) is 2.10. The van der Waals surface area contributed by atoms with Gasteiger partial charge in [0.05, 0.1) is 0 Å². The van der Waals surface area contributed by atoms with Gasteiger partial charge in [0.1, 0.15) is 5.82 Å². The Kier molecular flexibility index (Phi) is 3.91. The summed E-state index contributed by atoms with van der Waals surface area (Å²) in [6.45, 7) is 0. The molecule has 2 atom stereocenters. The molecular formula is C11H15ClN4O. The van der Waals surface area contributed by atoms with Gasteiger partial charge >= 0.3 is 0 Å². The van der Waals surface area contributed by atoms with Crippen LogP contribution >= 0.6 is 11.6 Å². The fraction of sp³-hybridized carbons (Fsp3) is 0.545. The van der Waals surface area contributed by atoms with Crippen LogP contribution in [0.3, 0.4) is 0 Å². The predicted octanol–water partition coefficient (Wildman–Crippen LogP) is 1.59. The Hall–Kier alpha value is -1.20. The lowest BCUT2D eigenvalue weighted by atomic mass is 9.85. The summed E-state index contributed by atoms with van der Waals surface area (Å²) in [5, 5.41) is 2.87. The molecule has 0 spiro atoms. The molecular weight excluding hydrogens is 240 g/mol. The molecule has 1 fully saturated rings. The van der Waals surface area contributed by atoms with Gasteiger partial charge in [-0.3, -0.25) is 4.79 Å². The van der Waals surface area contributed by atoms with E-state index in [-0.39, 0.29) is 23.2 Å². The van der Waals surface area contributed by atoms with Gasteiger partial charge < -0.3 is 11.1 Å². The van der Waals surface area contributed by atoms with Crippen LogP contribution in [0.1, 0.15) is 25.7 Å². The number of nitrogens with one attached hydrogen (secondary N) is 1. The Balaban J connectivity index is 1.96. The number of aromatic nitrogens is 2. The summed E-state index contributed by atoms with van der Waals surface area (Å²) in [5.41, 5.74) is 5.85. The second-order valence-corrected chi connectivity index (χ2v) is 4.66. The maximum atomic E-state index is 12.0. The number of nitrogens with two attached hydrogens (primary N) is 1. The summed E-state index contributed by atoms with van der Waals surface area (Å²) in [5.74, 6) is 0.386. The molecule has 1 aliphatic carbocycles. The van der Waals surface area contributed by atoms with E-state index in [1.807, 2.05) is 0 Å². The number of hydrogen-bond acceptors (Lipinski definition) is 4. The van der Waals surface area contributed by atoms with Gasteiger partial charge in [-0.1, -0.05) is 6.42 Å².